The van der Waals surface area contributed by atoms with Crippen molar-refractivity contribution in [1.29, 1.82) is 0 Å². The predicted octanol–water partition coefficient (Wildman–Crippen LogP) is 4.28. The van der Waals surface area contributed by atoms with E-state index in [9.17, 15) is 53.8 Å². The summed E-state index contributed by atoms with van der Waals surface area (Å²) in [6, 6.07) is 40.5. The molecule has 0 aromatic heterocycles. The zero-order valence-electron chi connectivity index (χ0n) is 38.6. The van der Waals surface area contributed by atoms with Gasteiger partial charge in [-0.1, -0.05) is 169 Å². The lowest BCUT2D eigenvalue weighted by Crippen LogP contribution is -2.31. The smallest absolute Gasteiger partial charge is 0.451 e. The number of sulfonamides is 2. The molecule has 370 valence electrons. The van der Waals surface area contributed by atoms with E-state index in [1.807, 2.05) is 30.3 Å². The van der Waals surface area contributed by atoms with Crippen LogP contribution in [-0.4, -0.2) is 104 Å². The molecule has 0 spiro atoms. The molecule has 5 aromatic rings. The lowest BCUT2D eigenvalue weighted by atomic mass is 9.64. The summed E-state index contributed by atoms with van der Waals surface area (Å²) < 4.78 is 98.3. The van der Waals surface area contributed by atoms with Crippen molar-refractivity contribution < 1.29 is 58.8 Å². The van der Waals surface area contributed by atoms with Crippen LogP contribution in [0.4, 0.5) is 11.4 Å². The summed E-state index contributed by atoms with van der Waals surface area (Å²) in [6.07, 6.45) is 1.38. The number of rotatable bonds is 19. The molecular formula is C45H66B4N2O13S4. The van der Waals surface area contributed by atoms with E-state index in [1.165, 1.54) is 0 Å². The molecule has 7 N–H and O–H groups in total. The second-order valence-electron chi connectivity index (χ2n) is 16.3. The van der Waals surface area contributed by atoms with Crippen LogP contribution in [0.15, 0.2) is 140 Å². The van der Waals surface area contributed by atoms with Gasteiger partial charge in [0.1, 0.15) is 0 Å². The number of anilines is 2. The van der Waals surface area contributed by atoms with Crippen molar-refractivity contribution in [2.24, 2.45) is 5.92 Å². The molecule has 0 unspecified atom stereocenters. The molecule has 5 rings (SSSR count). The van der Waals surface area contributed by atoms with E-state index in [4.69, 9.17) is 5.02 Å². The number of benzene rings is 5. The highest BCUT2D eigenvalue weighted by Crippen LogP contribution is 2.23. The first-order valence-corrected chi connectivity index (χ1v) is 28.5. The molecule has 1 atom stereocenters. The number of nitrogens with one attached hydrogen (secondary N) is 2. The Morgan fingerprint density at radius 2 is 0.853 bits per heavy atom. The van der Waals surface area contributed by atoms with E-state index in [0.717, 1.165) is 17.4 Å². The Morgan fingerprint density at radius 1 is 0.500 bits per heavy atom. The highest BCUT2D eigenvalue weighted by molar-refractivity contribution is 7.92. The Labute approximate surface area is 406 Å². The molecule has 0 saturated heterocycles. The molecular weight excluding hydrogens is 948 g/mol. The van der Waals surface area contributed by atoms with Gasteiger partial charge in [0.15, 0.2) is 19.7 Å². The summed E-state index contributed by atoms with van der Waals surface area (Å²) >= 11 is 0. The first-order valence-electron chi connectivity index (χ1n) is 21.3. The first kappa shape index (κ1) is 61.6. The number of hydrogen-bond acceptors (Lipinski definition) is 13. The summed E-state index contributed by atoms with van der Waals surface area (Å²) in [7, 11) is -14.8. The second-order valence-corrected chi connectivity index (χ2v) is 24.1. The van der Waals surface area contributed by atoms with Gasteiger partial charge in [0.25, 0.3) is 6.92 Å². The van der Waals surface area contributed by atoms with Crippen molar-refractivity contribution >= 4 is 89.9 Å². The van der Waals surface area contributed by atoms with E-state index in [1.54, 1.807) is 144 Å². The maximum atomic E-state index is 12.2. The molecule has 0 saturated carbocycles. The lowest BCUT2D eigenvalue weighted by molar-refractivity contribution is 0.367. The van der Waals surface area contributed by atoms with Gasteiger partial charge in [-0.2, -0.15) is 0 Å². The van der Waals surface area contributed by atoms with Gasteiger partial charge in [0.05, 0.1) is 29.3 Å². The normalized spacial score (nSPS) is 11.6. The number of sulfone groups is 2. The zero-order chi connectivity index (χ0) is 50.4. The Bertz CT molecular complexity index is 2660. The molecule has 0 aliphatic carbocycles. The molecule has 0 aliphatic rings. The quantitative estimate of drug-likeness (QED) is 0.0571. The Hall–Kier alpha value is -4.44. The van der Waals surface area contributed by atoms with Crippen LogP contribution in [0.3, 0.4) is 0 Å². The van der Waals surface area contributed by atoms with Crippen molar-refractivity contribution in [1.82, 2.24) is 0 Å². The van der Waals surface area contributed by atoms with Crippen LogP contribution in [0.2, 0.25) is 32.6 Å². The average molecular weight is 1010 g/mol. The van der Waals surface area contributed by atoms with E-state index < -0.39 is 73.4 Å². The molecule has 0 radical (unpaired) electrons. The molecule has 68 heavy (non-hydrogen) atoms. The first-order chi connectivity index (χ1) is 31.2. The van der Waals surface area contributed by atoms with Crippen LogP contribution in [0.25, 0.3) is 0 Å². The van der Waals surface area contributed by atoms with E-state index >= 15 is 0 Å². The summed E-state index contributed by atoms with van der Waals surface area (Å²) in [6.45, 7) is 6.36. The van der Waals surface area contributed by atoms with Gasteiger partial charge < -0.3 is 25.1 Å². The summed E-state index contributed by atoms with van der Waals surface area (Å²) in [5.41, 5.74) is 4.19. The fraction of sp³-hybridized carbons (Fsp3) is 0.333. The fourth-order valence-electron chi connectivity index (χ4n) is 6.16. The van der Waals surface area contributed by atoms with E-state index in [-0.39, 0.29) is 42.1 Å². The van der Waals surface area contributed by atoms with Crippen molar-refractivity contribution in [3.05, 3.63) is 156 Å². The third-order valence-corrected chi connectivity index (χ3v) is 14.7. The predicted molar refractivity (Wildman–Crippen MR) is 283 cm³/mol. The molecule has 0 bridgehead atoms. The molecule has 15 nitrogen and oxygen atoms in total. The number of hydrogen-bond donors (Lipinski definition) is 7. The van der Waals surface area contributed by atoms with Crippen LogP contribution in [0, 0.1) is 5.92 Å². The standard InChI is InChI=1S/C14H16BNO3S.C12H19BO4S.C10H15BO3S.C8H12BNO3S.CH4/c1-15(17)13-9-5-6-10-14(13)16-20(18,19)11-12-7-3-2-4-8-12;1-10(2)12(13(14)15)9-18(16,17)8-11-6-4-3-5-7-11;1-11(12)7-8-15(13,14)9-10-5-3-2-4-6-10;1-9(11)7-5-3-4-6-8(7)10-14(2,12)13;/h2-10,16-17H,11H2,1H3;3-7,10,12,14-15H,8-9H2,1-2H3;2-6,12H,7-9H2,1H3;3-6,10-11H,1-2H3;1H4/t;12-;;;/m.0.../s1. The van der Waals surface area contributed by atoms with Gasteiger partial charge in [0, 0.05) is 22.9 Å². The maximum absolute atomic E-state index is 12.2. The minimum absolute atomic E-state index is 0. The van der Waals surface area contributed by atoms with Gasteiger partial charge >= 0.3 is 20.9 Å². The highest BCUT2D eigenvalue weighted by atomic mass is 32.2. The van der Waals surface area contributed by atoms with Crippen molar-refractivity contribution in [2.75, 3.05) is 27.2 Å². The summed E-state index contributed by atoms with van der Waals surface area (Å²) in [4.78, 5) is 0. The van der Waals surface area contributed by atoms with E-state index in [0.29, 0.717) is 34.2 Å². The van der Waals surface area contributed by atoms with Crippen LogP contribution in [0.5, 0.6) is 0 Å². The maximum Gasteiger partial charge on any atom is 0.456 e. The topological polar surface area (TPSA) is 262 Å². The second kappa shape index (κ2) is 29.6. The molecule has 0 heterocycles. The lowest BCUT2D eigenvalue weighted by Gasteiger charge is -2.19. The average Bonchev–Trinajstić information content (AvgIpc) is 3.23. The monoisotopic (exact) mass is 1010 g/mol. The Balaban J connectivity index is 0.000000456. The van der Waals surface area contributed by atoms with Crippen molar-refractivity contribution in [3.63, 3.8) is 0 Å². The van der Waals surface area contributed by atoms with Crippen LogP contribution >= 0.6 is 0 Å². The third-order valence-electron chi connectivity index (χ3n) is 9.57. The fourth-order valence-corrected chi connectivity index (χ4v) is 11.5. The van der Waals surface area contributed by atoms with Crippen molar-refractivity contribution in [3.8, 4) is 0 Å². The Morgan fingerprint density at radius 3 is 1.21 bits per heavy atom. The van der Waals surface area contributed by atoms with Crippen LogP contribution < -0.4 is 20.4 Å². The molecule has 0 fully saturated rings. The minimum Gasteiger partial charge on any atom is -0.451 e. The summed E-state index contributed by atoms with van der Waals surface area (Å²) in [5, 5.41) is 46.4. The molecule has 23 heteroatoms. The van der Waals surface area contributed by atoms with Gasteiger partial charge in [-0.3, -0.25) is 9.44 Å². The SMILES string of the molecule is C.CB(O)CCS(=O)(=O)Cc1ccccc1.CB(O)c1ccccc1NS(=O)(=O)Cc1ccccc1.CB(O)c1ccccc1NS(C)(=O)=O.CC(C)[C@H](CS(=O)(=O)Cc1ccccc1)B(O)O. The van der Waals surface area contributed by atoms with Crippen molar-refractivity contribution in [2.45, 2.75) is 71.1 Å². The van der Waals surface area contributed by atoms with Gasteiger partial charge in [0.2, 0.25) is 20.0 Å². The molecule has 0 aliphatic heterocycles. The van der Waals surface area contributed by atoms with E-state index in [2.05, 4.69) is 9.44 Å². The zero-order valence-corrected chi connectivity index (χ0v) is 41.9. The third kappa shape index (κ3) is 25.8. The molecule has 0 amide bonds. The minimum atomic E-state index is -3.50. The van der Waals surface area contributed by atoms with Crippen LogP contribution in [-0.2, 0) is 57.0 Å². The summed E-state index contributed by atoms with van der Waals surface area (Å²) in [5.74, 6) is -1.03. The molecule has 5 aromatic carbocycles. The van der Waals surface area contributed by atoms with Gasteiger partial charge in [-0.25, -0.2) is 33.7 Å². The highest BCUT2D eigenvalue weighted by Gasteiger charge is 2.31. The number of para-hydroxylation sites is 2. The van der Waals surface area contributed by atoms with Crippen LogP contribution in [0.1, 0.15) is 38.0 Å². The largest absolute Gasteiger partial charge is 0.456 e. The van der Waals surface area contributed by atoms with Gasteiger partial charge in [-0.05, 0) is 52.0 Å². The van der Waals surface area contributed by atoms with Gasteiger partial charge in [-0.15, -0.1) is 0 Å². The Kier molecular flexibility index (Phi) is 26.8.